The lowest BCUT2D eigenvalue weighted by molar-refractivity contribution is -0.142. The summed E-state index contributed by atoms with van der Waals surface area (Å²) >= 11 is 0. The molecule has 0 amide bonds. The first-order valence-corrected chi connectivity index (χ1v) is 5.61. The van der Waals surface area contributed by atoms with Gasteiger partial charge in [-0.05, 0) is 12.0 Å². The van der Waals surface area contributed by atoms with E-state index in [4.69, 9.17) is 10.4 Å². The minimum atomic E-state index is -0.835. The molecule has 1 fully saturated rings. The molecular formula is C13H14N2O2. The van der Waals surface area contributed by atoms with Crippen molar-refractivity contribution in [1.29, 1.82) is 5.26 Å². The van der Waals surface area contributed by atoms with E-state index in [2.05, 4.69) is 6.07 Å². The van der Waals surface area contributed by atoms with Crippen molar-refractivity contribution >= 4 is 5.97 Å². The Balaban J connectivity index is 2.09. The molecule has 88 valence electrons. The minimum absolute atomic E-state index is 0.167. The number of carboxylic acids is 1. The normalized spacial score (nSPS) is 24.4. The van der Waals surface area contributed by atoms with E-state index in [9.17, 15) is 4.79 Å². The van der Waals surface area contributed by atoms with Gasteiger partial charge >= 0.3 is 5.97 Å². The van der Waals surface area contributed by atoms with Crippen LogP contribution in [0.25, 0.3) is 0 Å². The van der Waals surface area contributed by atoms with Crippen molar-refractivity contribution in [2.45, 2.75) is 19.0 Å². The highest BCUT2D eigenvalue weighted by Gasteiger charge is 2.36. The maximum absolute atomic E-state index is 11.1. The fraction of sp³-hybridized carbons (Fsp3) is 0.385. The van der Waals surface area contributed by atoms with Crippen LogP contribution in [0.3, 0.4) is 0 Å². The quantitative estimate of drug-likeness (QED) is 0.854. The van der Waals surface area contributed by atoms with Crippen LogP contribution in [0, 0.1) is 17.2 Å². The number of hydrogen-bond acceptors (Lipinski definition) is 3. The number of nitriles is 1. The summed E-state index contributed by atoms with van der Waals surface area (Å²) in [7, 11) is 0. The number of nitrogens with zero attached hydrogens (tertiary/aromatic N) is 2. The van der Waals surface area contributed by atoms with Gasteiger partial charge in [-0.3, -0.25) is 9.69 Å². The van der Waals surface area contributed by atoms with Crippen LogP contribution in [-0.2, 0) is 11.3 Å². The van der Waals surface area contributed by atoms with E-state index in [1.165, 1.54) is 0 Å². The van der Waals surface area contributed by atoms with E-state index in [0.717, 1.165) is 5.56 Å². The first-order valence-electron chi connectivity index (χ1n) is 5.61. The molecule has 1 aliphatic heterocycles. The number of rotatable bonds is 3. The molecule has 1 aliphatic rings. The number of carbonyl (C=O) groups is 1. The van der Waals surface area contributed by atoms with E-state index in [1.807, 2.05) is 35.2 Å². The SMILES string of the molecule is N#C[C@H]1C[C@@H](C(=O)O)N(Cc2ccccc2)C1. The molecule has 4 heteroatoms. The third-order valence-electron chi connectivity index (χ3n) is 3.10. The summed E-state index contributed by atoms with van der Waals surface area (Å²) < 4.78 is 0. The molecule has 0 bridgehead atoms. The average Bonchev–Trinajstić information content (AvgIpc) is 2.74. The zero-order chi connectivity index (χ0) is 12.3. The van der Waals surface area contributed by atoms with Gasteiger partial charge in [0.1, 0.15) is 6.04 Å². The summed E-state index contributed by atoms with van der Waals surface area (Å²) in [6, 6.07) is 11.4. The van der Waals surface area contributed by atoms with Gasteiger partial charge in [-0.25, -0.2) is 0 Å². The molecule has 0 aliphatic carbocycles. The van der Waals surface area contributed by atoms with E-state index in [1.54, 1.807) is 0 Å². The Kier molecular flexibility index (Phi) is 3.40. The van der Waals surface area contributed by atoms with Crippen molar-refractivity contribution in [2.24, 2.45) is 5.92 Å². The maximum atomic E-state index is 11.1. The highest BCUT2D eigenvalue weighted by Crippen LogP contribution is 2.24. The summed E-state index contributed by atoms with van der Waals surface area (Å²) in [5, 5.41) is 18.0. The number of carboxylic acid groups (broad SMARTS) is 1. The predicted octanol–water partition coefficient (Wildman–Crippen LogP) is 1.49. The fourth-order valence-corrected chi connectivity index (χ4v) is 2.25. The third kappa shape index (κ3) is 2.63. The smallest absolute Gasteiger partial charge is 0.320 e. The zero-order valence-corrected chi connectivity index (χ0v) is 9.41. The van der Waals surface area contributed by atoms with Crippen LogP contribution < -0.4 is 0 Å². The summed E-state index contributed by atoms with van der Waals surface area (Å²) in [5.74, 6) is -1.00. The molecule has 2 atom stereocenters. The molecule has 1 aromatic carbocycles. The second-order valence-corrected chi connectivity index (χ2v) is 4.33. The fourth-order valence-electron chi connectivity index (χ4n) is 2.25. The summed E-state index contributed by atoms with van der Waals surface area (Å²) in [6.07, 6.45) is 0.429. The zero-order valence-electron chi connectivity index (χ0n) is 9.41. The first-order chi connectivity index (χ1) is 8.20. The molecule has 0 unspecified atom stereocenters. The van der Waals surface area contributed by atoms with Gasteiger partial charge in [0, 0.05) is 13.1 Å². The minimum Gasteiger partial charge on any atom is -0.480 e. The van der Waals surface area contributed by atoms with E-state index < -0.39 is 12.0 Å². The van der Waals surface area contributed by atoms with Gasteiger partial charge < -0.3 is 5.11 Å². The Morgan fingerprint density at radius 2 is 2.18 bits per heavy atom. The Hall–Kier alpha value is -1.86. The van der Waals surface area contributed by atoms with Crippen molar-refractivity contribution in [2.75, 3.05) is 6.54 Å². The van der Waals surface area contributed by atoms with Gasteiger partial charge in [0.15, 0.2) is 0 Å². The van der Waals surface area contributed by atoms with Crippen molar-refractivity contribution in [1.82, 2.24) is 4.90 Å². The lowest BCUT2D eigenvalue weighted by Crippen LogP contribution is -2.35. The molecule has 1 N–H and O–H groups in total. The molecule has 2 rings (SSSR count). The van der Waals surface area contributed by atoms with Crippen molar-refractivity contribution in [3.05, 3.63) is 35.9 Å². The van der Waals surface area contributed by atoms with Gasteiger partial charge in [0.05, 0.1) is 12.0 Å². The van der Waals surface area contributed by atoms with Crippen LogP contribution in [0.5, 0.6) is 0 Å². The van der Waals surface area contributed by atoms with Gasteiger partial charge in [0.2, 0.25) is 0 Å². The van der Waals surface area contributed by atoms with Gasteiger partial charge in [-0.1, -0.05) is 30.3 Å². The van der Waals surface area contributed by atoms with Crippen molar-refractivity contribution in [3.63, 3.8) is 0 Å². The van der Waals surface area contributed by atoms with Crippen LogP contribution in [0.15, 0.2) is 30.3 Å². The topological polar surface area (TPSA) is 64.3 Å². The van der Waals surface area contributed by atoms with Gasteiger partial charge in [-0.15, -0.1) is 0 Å². The standard InChI is InChI=1S/C13H14N2O2/c14-7-11-6-12(13(16)17)15(9-11)8-10-4-2-1-3-5-10/h1-5,11-12H,6,8-9H2,(H,16,17)/t11-,12+/m1/s1. The summed E-state index contributed by atoms with van der Waals surface area (Å²) in [5.41, 5.74) is 1.08. The molecule has 0 saturated carbocycles. The summed E-state index contributed by atoms with van der Waals surface area (Å²) in [6.45, 7) is 1.14. The molecule has 1 saturated heterocycles. The van der Waals surface area contributed by atoms with Crippen molar-refractivity contribution < 1.29 is 9.90 Å². The second-order valence-electron chi connectivity index (χ2n) is 4.33. The Morgan fingerprint density at radius 3 is 2.76 bits per heavy atom. The largest absolute Gasteiger partial charge is 0.480 e. The van der Waals surface area contributed by atoms with Gasteiger partial charge in [-0.2, -0.15) is 5.26 Å². The number of hydrogen-bond donors (Lipinski definition) is 1. The molecule has 4 nitrogen and oxygen atoms in total. The van der Waals surface area contributed by atoms with Crippen LogP contribution in [0.4, 0.5) is 0 Å². The molecule has 0 radical (unpaired) electrons. The van der Waals surface area contributed by atoms with E-state index >= 15 is 0 Å². The molecule has 1 aromatic rings. The number of likely N-dealkylation sites (tertiary alicyclic amines) is 1. The lowest BCUT2D eigenvalue weighted by atomic mass is 10.1. The average molecular weight is 230 g/mol. The van der Waals surface area contributed by atoms with Crippen LogP contribution in [0.1, 0.15) is 12.0 Å². The molecule has 17 heavy (non-hydrogen) atoms. The van der Waals surface area contributed by atoms with Crippen LogP contribution in [0.2, 0.25) is 0 Å². The van der Waals surface area contributed by atoms with E-state index in [-0.39, 0.29) is 5.92 Å². The Labute approximate surface area is 100 Å². The lowest BCUT2D eigenvalue weighted by Gasteiger charge is -2.20. The monoisotopic (exact) mass is 230 g/mol. The van der Waals surface area contributed by atoms with E-state index in [0.29, 0.717) is 19.5 Å². The molecule has 1 heterocycles. The highest BCUT2D eigenvalue weighted by molar-refractivity contribution is 5.74. The molecular weight excluding hydrogens is 216 g/mol. The Morgan fingerprint density at radius 1 is 1.47 bits per heavy atom. The van der Waals surface area contributed by atoms with Crippen LogP contribution >= 0.6 is 0 Å². The first kappa shape index (κ1) is 11.6. The number of benzene rings is 1. The number of aliphatic carboxylic acids is 1. The maximum Gasteiger partial charge on any atom is 0.320 e. The molecule has 0 spiro atoms. The highest BCUT2D eigenvalue weighted by atomic mass is 16.4. The third-order valence-corrected chi connectivity index (χ3v) is 3.10. The van der Waals surface area contributed by atoms with Crippen LogP contribution in [-0.4, -0.2) is 28.6 Å². The summed E-state index contributed by atoms with van der Waals surface area (Å²) in [4.78, 5) is 13.0. The van der Waals surface area contributed by atoms with Crippen molar-refractivity contribution in [3.8, 4) is 6.07 Å². The Bertz CT molecular complexity index is 438. The second kappa shape index (κ2) is 4.98. The van der Waals surface area contributed by atoms with Gasteiger partial charge in [0.25, 0.3) is 0 Å². The predicted molar refractivity (Wildman–Crippen MR) is 62.0 cm³/mol. The molecule has 0 aromatic heterocycles.